The normalized spacial score (nSPS) is 17.0. The van der Waals surface area contributed by atoms with Crippen molar-refractivity contribution in [1.82, 2.24) is 14.7 Å². The summed E-state index contributed by atoms with van der Waals surface area (Å²) in [6.07, 6.45) is 2.20. The first-order valence-electron chi connectivity index (χ1n) is 10.6. The van der Waals surface area contributed by atoms with E-state index in [2.05, 4.69) is 11.0 Å². The molecular weight excluding hydrogens is 376 g/mol. The van der Waals surface area contributed by atoms with Gasteiger partial charge in [0.05, 0.1) is 18.2 Å². The van der Waals surface area contributed by atoms with Crippen LogP contribution in [0, 0.1) is 11.3 Å². The Labute approximate surface area is 177 Å². The van der Waals surface area contributed by atoms with Crippen molar-refractivity contribution in [1.29, 1.82) is 5.26 Å². The second-order valence-corrected chi connectivity index (χ2v) is 7.86. The molecule has 2 aliphatic rings. The summed E-state index contributed by atoms with van der Waals surface area (Å²) in [6.45, 7) is 4.77. The summed E-state index contributed by atoms with van der Waals surface area (Å²) in [5.41, 5.74) is 2.73. The highest BCUT2D eigenvalue weighted by Crippen LogP contribution is 2.28. The van der Waals surface area contributed by atoms with Crippen LogP contribution in [-0.4, -0.2) is 72.3 Å². The van der Waals surface area contributed by atoms with Gasteiger partial charge in [-0.2, -0.15) is 5.26 Å². The number of carbonyl (C=O) groups is 2. The summed E-state index contributed by atoms with van der Waals surface area (Å²) in [7, 11) is 0. The number of benzene rings is 2. The Morgan fingerprint density at radius 1 is 0.800 bits per heavy atom. The molecule has 0 bridgehead atoms. The largest absolute Gasteiger partial charge is 0.342 e. The average molecular weight is 402 g/mol. The van der Waals surface area contributed by atoms with Crippen molar-refractivity contribution in [2.45, 2.75) is 12.8 Å². The van der Waals surface area contributed by atoms with Crippen molar-refractivity contribution >= 4 is 11.8 Å². The molecule has 4 rings (SSSR count). The van der Waals surface area contributed by atoms with E-state index in [1.54, 1.807) is 6.07 Å². The molecule has 6 nitrogen and oxygen atoms in total. The highest BCUT2D eigenvalue weighted by molar-refractivity contribution is 6.01. The molecule has 0 spiro atoms. The van der Waals surface area contributed by atoms with Crippen LogP contribution in [0.3, 0.4) is 0 Å². The van der Waals surface area contributed by atoms with Crippen LogP contribution >= 0.6 is 0 Å². The van der Waals surface area contributed by atoms with Crippen molar-refractivity contribution in [2.24, 2.45) is 0 Å². The van der Waals surface area contributed by atoms with E-state index in [-0.39, 0.29) is 11.8 Å². The molecule has 0 aromatic heterocycles. The smallest absolute Gasteiger partial charge is 0.254 e. The third-order valence-electron chi connectivity index (χ3n) is 5.97. The lowest BCUT2D eigenvalue weighted by atomic mass is 9.95. The van der Waals surface area contributed by atoms with Crippen LogP contribution in [0.25, 0.3) is 11.1 Å². The van der Waals surface area contributed by atoms with E-state index in [0.29, 0.717) is 43.9 Å². The lowest BCUT2D eigenvalue weighted by Crippen LogP contribution is -2.51. The van der Waals surface area contributed by atoms with Gasteiger partial charge in [-0.05, 0) is 30.5 Å². The second kappa shape index (κ2) is 9.10. The fourth-order valence-corrected chi connectivity index (χ4v) is 4.26. The Hall–Kier alpha value is -3.17. The fourth-order valence-electron chi connectivity index (χ4n) is 4.26. The minimum Gasteiger partial charge on any atom is -0.342 e. The Balaban J connectivity index is 1.44. The van der Waals surface area contributed by atoms with Gasteiger partial charge in [-0.3, -0.25) is 14.5 Å². The molecule has 154 valence electrons. The third kappa shape index (κ3) is 4.22. The lowest BCUT2D eigenvalue weighted by Gasteiger charge is -2.35. The zero-order valence-electron chi connectivity index (χ0n) is 17.1. The highest BCUT2D eigenvalue weighted by Gasteiger charge is 2.27. The number of carbonyl (C=O) groups excluding carboxylic acids is 2. The van der Waals surface area contributed by atoms with Crippen LogP contribution in [0.1, 0.15) is 28.8 Å². The van der Waals surface area contributed by atoms with E-state index in [1.807, 2.05) is 52.3 Å². The van der Waals surface area contributed by atoms with E-state index in [9.17, 15) is 14.9 Å². The van der Waals surface area contributed by atoms with Gasteiger partial charge in [0.1, 0.15) is 0 Å². The topological polar surface area (TPSA) is 67.6 Å². The third-order valence-corrected chi connectivity index (χ3v) is 5.97. The zero-order chi connectivity index (χ0) is 20.9. The summed E-state index contributed by atoms with van der Waals surface area (Å²) >= 11 is 0. The van der Waals surface area contributed by atoms with Crippen LogP contribution in [0.2, 0.25) is 0 Å². The molecular formula is C24H26N4O2. The Morgan fingerprint density at radius 2 is 1.43 bits per heavy atom. The maximum absolute atomic E-state index is 13.3. The number of nitriles is 1. The summed E-state index contributed by atoms with van der Waals surface area (Å²) in [4.78, 5) is 31.6. The van der Waals surface area contributed by atoms with E-state index in [1.165, 1.54) is 0 Å². The summed E-state index contributed by atoms with van der Waals surface area (Å²) in [6, 6.07) is 17.1. The standard InChI is InChI=1S/C24H26N4O2/c25-17-19-7-1-2-8-20(19)21-9-3-4-10-22(21)24(30)28-15-13-26(14-16-28)18-23(29)27-11-5-6-12-27/h1-4,7-10H,5-6,11-16,18H2. The van der Waals surface area contributed by atoms with Crippen molar-refractivity contribution < 1.29 is 9.59 Å². The molecule has 2 aromatic rings. The van der Waals surface area contributed by atoms with Crippen molar-refractivity contribution in [3.63, 3.8) is 0 Å². The van der Waals surface area contributed by atoms with Crippen LogP contribution in [0.5, 0.6) is 0 Å². The van der Waals surface area contributed by atoms with Crippen LogP contribution in [0.4, 0.5) is 0 Å². The first-order valence-corrected chi connectivity index (χ1v) is 10.6. The molecule has 2 saturated heterocycles. The van der Waals surface area contributed by atoms with E-state index >= 15 is 0 Å². The first kappa shape index (κ1) is 20.1. The highest BCUT2D eigenvalue weighted by atomic mass is 16.2. The molecule has 0 atom stereocenters. The lowest BCUT2D eigenvalue weighted by molar-refractivity contribution is -0.131. The fraction of sp³-hybridized carbons (Fsp3) is 0.375. The minimum absolute atomic E-state index is 0.0242. The predicted octanol–water partition coefficient (Wildman–Crippen LogP) is 2.61. The van der Waals surface area contributed by atoms with Crippen molar-refractivity contribution in [3.05, 3.63) is 59.7 Å². The van der Waals surface area contributed by atoms with Gasteiger partial charge < -0.3 is 9.80 Å². The second-order valence-electron chi connectivity index (χ2n) is 7.86. The van der Waals surface area contributed by atoms with Gasteiger partial charge in [0.25, 0.3) is 5.91 Å². The maximum Gasteiger partial charge on any atom is 0.254 e. The number of hydrogen-bond acceptors (Lipinski definition) is 4. The Morgan fingerprint density at radius 3 is 2.13 bits per heavy atom. The van der Waals surface area contributed by atoms with E-state index in [4.69, 9.17) is 0 Å². The van der Waals surface area contributed by atoms with Gasteiger partial charge >= 0.3 is 0 Å². The molecule has 0 saturated carbocycles. The van der Waals surface area contributed by atoms with Gasteiger partial charge in [0, 0.05) is 50.4 Å². The van der Waals surface area contributed by atoms with Gasteiger partial charge in [0.15, 0.2) is 0 Å². The number of nitrogens with zero attached hydrogens (tertiary/aromatic N) is 4. The van der Waals surface area contributed by atoms with Crippen molar-refractivity contribution in [3.8, 4) is 17.2 Å². The molecule has 6 heteroatoms. The first-order chi connectivity index (χ1) is 14.7. The number of hydrogen-bond donors (Lipinski definition) is 0. The SMILES string of the molecule is N#Cc1ccccc1-c1ccccc1C(=O)N1CCN(CC(=O)N2CCCC2)CC1. The number of likely N-dealkylation sites (tertiary alicyclic amines) is 1. The Kier molecular flexibility index (Phi) is 6.10. The average Bonchev–Trinajstić information content (AvgIpc) is 3.34. The quantitative estimate of drug-likeness (QED) is 0.788. The molecule has 0 radical (unpaired) electrons. The van der Waals surface area contributed by atoms with Gasteiger partial charge in [-0.15, -0.1) is 0 Å². The predicted molar refractivity (Wildman–Crippen MR) is 115 cm³/mol. The van der Waals surface area contributed by atoms with Gasteiger partial charge in [0.2, 0.25) is 5.91 Å². The molecule has 0 unspecified atom stereocenters. The number of amides is 2. The molecule has 2 heterocycles. The molecule has 2 aromatic carbocycles. The summed E-state index contributed by atoms with van der Waals surface area (Å²) < 4.78 is 0. The van der Waals surface area contributed by atoms with Crippen LogP contribution < -0.4 is 0 Å². The zero-order valence-corrected chi connectivity index (χ0v) is 17.1. The number of piperazine rings is 1. The summed E-state index contributed by atoms with van der Waals surface area (Å²) in [5.74, 6) is 0.176. The molecule has 0 aliphatic carbocycles. The van der Waals surface area contributed by atoms with Gasteiger partial charge in [-0.1, -0.05) is 36.4 Å². The van der Waals surface area contributed by atoms with Crippen LogP contribution in [0.15, 0.2) is 48.5 Å². The molecule has 30 heavy (non-hydrogen) atoms. The van der Waals surface area contributed by atoms with E-state index in [0.717, 1.165) is 37.1 Å². The summed E-state index contributed by atoms with van der Waals surface area (Å²) in [5, 5.41) is 9.46. The Bertz CT molecular complexity index is 967. The maximum atomic E-state index is 13.3. The molecule has 0 N–H and O–H groups in total. The van der Waals surface area contributed by atoms with Crippen molar-refractivity contribution in [2.75, 3.05) is 45.8 Å². The monoisotopic (exact) mass is 402 g/mol. The molecule has 2 amide bonds. The minimum atomic E-state index is -0.0242. The molecule has 2 fully saturated rings. The number of rotatable bonds is 4. The van der Waals surface area contributed by atoms with Crippen LogP contribution in [-0.2, 0) is 4.79 Å². The van der Waals surface area contributed by atoms with E-state index < -0.39 is 0 Å². The van der Waals surface area contributed by atoms with Gasteiger partial charge in [-0.25, -0.2) is 0 Å². The molecule has 2 aliphatic heterocycles.